The summed E-state index contributed by atoms with van der Waals surface area (Å²) in [6.07, 6.45) is 0. The van der Waals surface area contributed by atoms with Crippen LogP contribution in [0.2, 0.25) is 10.0 Å². The summed E-state index contributed by atoms with van der Waals surface area (Å²) in [4.78, 5) is 18.9. The smallest absolute Gasteiger partial charge is 0.297 e. The van der Waals surface area contributed by atoms with Crippen molar-refractivity contribution in [2.24, 2.45) is 18.0 Å². The third kappa shape index (κ3) is 4.22. The quantitative estimate of drug-likeness (QED) is 0.330. The molecule has 2 heterocycles. The normalized spacial score (nSPS) is 12.2. The standard InChI is InChI=1S/C24H24Cl2N4OS/c1-15(2)13-29-21(19-12-17(25)10-11-20(19)26)14-32-24(29)27-22-16(3)28(4)30(23(22)31)18-8-6-5-7-9-18/h5-12,14-15H,13H2,1-4H3. The molecule has 0 aliphatic heterocycles. The first-order valence-corrected chi connectivity index (χ1v) is 11.9. The Labute approximate surface area is 200 Å². The predicted molar refractivity (Wildman–Crippen MR) is 134 cm³/mol. The highest BCUT2D eigenvalue weighted by Gasteiger charge is 2.18. The van der Waals surface area contributed by atoms with Crippen molar-refractivity contribution in [1.29, 1.82) is 0 Å². The minimum absolute atomic E-state index is 0.150. The second-order valence-electron chi connectivity index (χ2n) is 8.05. The lowest BCUT2D eigenvalue weighted by molar-refractivity contribution is 0.518. The molecule has 5 nitrogen and oxygen atoms in total. The van der Waals surface area contributed by atoms with Gasteiger partial charge in [0.1, 0.15) is 0 Å². The molecule has 0 saturated carbocycles. The molecule has 32 heavy (non-hydrogen) atoms. The highest BCUT2D eigenvalue weighted by molar-refractivity contribution is 7.07. The number of benzene rings is 2. The summed E-state index contributed by atoms with van der Waals surface area (Å²) in [5.41, 5.74) is 3.67. The summed E-state index contributed by atoms with van der Waals surface area (Å²) in [7, 11) is 1.87. The van der Waals surface area contributed by atoms with Crippen LogP contribution in [0, 0.1) is 12.8 Å². The second kappa shape index (κ2) is 9.14. The van der Waals surface area contributed by atoms with E-state index in [1.54, 1.807) is 16.8 Å². The van der Waals surface area contributed by atoms with Crippen LogP contribution in [0.25, 0.3) is 16.9 Å². The Hall–Kier alpha value is -2.54. The minimum Gasteiger partial charge on any atom is -0.316 e. The van der Waals surface area contributed by atoms with E-state index in [2.05, 4.69) is 18.4 Å². The van der Waals surface area contributed by atoms with Gasteiger partial charge >= 0.3 is 0 Å². The molecule has 4 rings (SSSR count). The van der Waals surface area contributed by atoms with Gasteiger partial charge in [0, 0.05) is 29.6 Å². The molecule has 0 amide bonds. The van der Waals surface area contributed by atoms with E-state index in [1.165, 1.54) is 11.3 Å². The van der Waals surface area contributed by atoms with Gasteiger partial charge in [-0.1, -0.05) is 55.2 Å². The van der Waals surface area contributed by atoms with E-state index in [4.69, 9.17) is 28.2 Å². The van der Waals surface area contributed by atoms with Gasteiger partial charge in [-0.2, -0.15) is 0 Å². The molecular formula is C24H24Cl2N4OS. The van der Waals surface area contributed by atoms with Crippen LogP contribution in [0.4, 0.5) is 5.69 Å². The van der Waals surface area contributed by atoms with E-state index >= 15 is 0 Å². The van der Waals surface area contributed by atoms with Gasteiger partial charge in [0.05, 0.1) is 22.1 Å². The summed E-state index contributed by atoms with van der Waals surface area (Å²) < 4.78 is 5.60. The molecule has 0 atom stereocenters. The Kier molecular flexibility index (Phi) is 6.47. The molecule has 0 spiro atoms. The Bertz CT molecular complexity index is 1390. The van der Waals surface area contributed by atoms with E-state index in [-0.39, 0.29) is 5.56 Å². The fraction of sp³-hybridized carbons (Fsp3) is 0.250. The average molecular weight is 487 g/mol. The zero-order valence-electron chi connectivity index (χ0n) is 18.3. The first kappa shape index (κ1) is 22.6. The van der Waals surface area contributed by atoms with Crippen LogP contribution in [0.5, 0.6) is 0 Å². The Morgan fingerprint density at radius 3 is 2.50 bits per heavy atom. The Morgan fingerprint density at radius 1 is 1.09 bits per heavy atom. The van der Waals surface area contributed by atoms with Crippen molar-refractivity contribution in [3.63, 3.8) is 0 Å². The first-order chi connectivity index (χ1) is 15.3. The van der Waals surface area contributed by atoms with Gasteiger partial charge in [-0.25, -0.2) is 9.67 Å². The molecule has 2 aromatic heterocycles. The highest BCUT2D eigenvalue weighted by atomic mass is 35.5. The number of para-hydroxylation sites is 1. The van der Waals surface area contributed by atoms with Crippen LogP contribution in [0.15, 0.2) is 63.7 Å². The van der Waals surface area contributed by atoms with Gasteiger partial charge in [0.25, 0.3) is 5.56 Å². The van der Waals surface area contributed by atoms with Crippen molar-refractivity contribution < 1.29 is 0 Å². The zero-order chi connectivity index (χ0) is 23.0. The van der Waals surface area contributed by atoms with Crippen LogP contribution in [-0.2, 0) is 13.6 Å². The van der Waals surface area contributed by atoms with Gasteiger partial charge in [-0.05, 0) is 43.2 Å². The molecule has 0 N–H and O–H groups in total. The van der Waals surface area contributed by atoms with Crippen molar-refractivity contribution in [3.8, 4) is 16.9 Å². The molecule has 4 aromatic rings. The van der Waals surface area contributed by atoms with Crippen LogP contribution in [-0.4, -0.2) is 13.9 Å². The summed E-state index contributed by atoms with van der Waals surface area (Å²) >= 11 is 14.2. The van der Waals surface area contributed by atoms with E-state index in [0.717, 1.165) is 34.0 Å². The average Bonchev–Trinajstić information content (AvgIpc) is 3.24. The molecule has 0 bridgehead atoms. The van der Waals surface area contributed by atoms with E-state index in [9.17, 15) is 4.79 Å². The maximum atomic E-state index is 13.3. The number of hydrogen-bond acceptors (Lipinski definition) is 3. The number of aromatic nitrogens is 3. The molecule has 0 aliphatic rings. The topological polar surface area (TPSA) is 44.2 Å². The van der Waals surface area contributed by atoms with Crippen LogP contribution >= 0.6 is 34.5 Å². The fourth-order valence-corrected chi connectivity index (χ4v) is 4.95. The number of rotatable bonds is 5. The molecular weight excluding hydrogens is 463 g/mol. The van der Waals surface area contributed by atoms with Gasteiger partial charge in [0.15, 0.2) is 10.5 Å². The van der Waals surface area contributed by atoms with Gasteiger partial charge in [-0.3, -0.25) is 9.48 Å². The lowest BCUT2D eigenvalue weighted by Crippen LogP contribution is -2.21. The van der Waals surface area contributed by atoms with Crippen molar-refractivity contribution >= 4 is 40.2 Å². The molecule has 2 aromatic carbocycles. The number of hydrogen-bond donors (Lipinski definition) is 0. The lowest BCUT2D eigenvalue weighted by atomic mass is 10.1. The molecule has 8 heteroatoms. The molecule has 0 radical (unpaired) electrons. The summed E-state index contributed by atoms with van der Waals surface area (Å²) in [6.45, 7) is 6.94. The highest BCUT2D eigenvalue weighted by Crippen LogP contribution is 2.31. The number of halogens is 2. The molecule has 166 valence electrons. The SMILES string of the molecule is Cc1c(N=c2scc(-c3cc(Cl)ccc3Cl)n2CC(C)C)c(=O)n(-c2ccccc2)n1C. The second-order valence-corrected chi connectivity index (χ2v) is 9.73. The van der Waals surface area contributed by atoms with Crippen molar-refractivity contribution in [3.05, 3.63) is 84.8 Å². The third-order valence-electron chi connectivity index (χ3n) is 5.28. The molecule has 0 aliphatic carbocycles. The van der Waals surface area contributed by atoms with Gasteiger partial charge in [-0.15, -0.1) is 11.3 Å². The van der Waals surface area contributed by atoms with Gasteiger partial charge < -0.3 is 4.57 Å². The zero-order valence-corrected chi connectivity index (χ0v) is 20.7. The Balaban J connectivity index is 1.94. The fourth-order valence-electron chi connectivity index (χ4n) is 3.65. The van der Waals surface area contributed by atoms with Crippen molar-refractivity contribution in [2.75, 3.05) is 0 Å². The maximum absolute atomic E-state index is 13.3. The predicted octanol–water partition coefficient (Wildman–Crippen LogP) is 6.21. The maximum Gasteiger partial charge on any atom is 0.297 e. The van der Waals surface area contributed by atoms with Crippen molar-refractivity contribution in [1.82, 2.24) is 13.9 Å². The van der Waals surface area contributed by atoms with E-state index in [1.807, 2.05) is 60.4 Å². The minimum atomic E-state index is -0.150. The monoisotopic (exact) mass is 486 g/mol. The Morgan fingerprint density at radius 2 is 1.81 bits per heavy atom. The largest absolute Gasteiger partial charge is 0.316 e. The van der Waals surface area contributed by atoms with Gasteiger partial charge in [0.2, 0.25) is 0 Å². The van der Waals surface area contributed by atoms with E-state index < -0.39 is 0 Å². The summed E-state index contributed by atoms with van der Waals surface area (Å²) in [5.74, 6) is 0.373. The number of thiazole rings is 1. The third-order valence-corrected chi connectivity index (χ3v) is 6.71. The lowest BCUT2D eigenvalue weighted by Gasteiger charge is -2.13. The van der Waals surface area contributed by atoms with E-state index in [0.29, 0.717) is 21.7 Å². The van der Waals surface area contributed by atoms with Crippen LogP contribution in [0.1, 0.15) is 19.5 Å². The van der Waals surface area contributed by atoms with Crippen LogP contribution in [0.3, 0.4) is 0 Å². The molecule has 0 unspecified atom stereocenters. The molecule has 0 saturated heterocycles. The summed E-state index contributed by atoms with van der Waals surface area (Å²) in [5, 5.41) is 3.26. The van der Waals surface area contributed by atoms with Crippen LogP contribution < -0.4 is 10.4 Å². The first-order valence-electron chi connectivity index (χ1n) is 10.3. The molecule has 0 fully saturated rings. The van der Waals surface area contributed by atoms with Crippen molar-refractivity contribution in [2.45, 2.75) is 27.3 Å². The number of nitrogens with zero attached hydrogens (tertiary/aromatic N) is 4. The summed E-state index contributed by atoms with van der Waals surface area (Å²) in [6, 6.07) is 15.0.